The molecule has 2 unspecified atom stereocenters. The fourth-order valence-corrected chi connectivity index (χ4v) is 1.85. The molecule has 5 heteroatoms. The van der Waals surface area contributed by atoms with Crippen molar-refractivity contribution in [1.29, 1.82) is 0 Å². The minimum atomic E-state index is -0.221. The Labute approximate surface area is 96.3 Å². The Bertz CT molecular complexity index is 232. The van der Waals surface area contributed by atoms with Crippen LogP contribution in [0.3, 0.4) is 0 Å². The molecule has 5 nitrogen and oxygen atoms in total. The summed E-state index contributed by atoms with van der Waals surface area (Å²) < 4.78 is 10.6. The third kappa shape index (κ3) is 4.47. The largest absolute Gasteiger partial charge is 0.462 e. The molecule has 1 aliphatic rings. The minimum absolute atomic E-state index is 0.0138. The molecule has 0 spiro atoms. The van der Waals surface area contributed by atoms with Crippen LogP contribution in [0.25, 0.3) is 0 Å². The maximum atomic E-state index is 11.5. The molecule has 1 rings (SSSR count). The van der Waals surface area contributed by atoms with Gasteiger partial charge in [-0.15, -0.1) is 0 Å². The van der Waals surface area contributed by atoms with Crippen LogP contribution in [0.2, 0.25) is 0 Å². The lowest BCUT2D eigenvalue weighted by Gasteiger charge is -2.35. The molecule has 0 bridgehead atoms. The van der Waals surface area contributed by atoms with Crippen LogP contribution in [0.5, 0.6) is 0 Å². The van der Waals surface area contributed by atoms with Crippen molar-refractivity contribution < 1.29 is 19.4 Å². The van der Waals surface area contributed by atoms with E-state index >= 15 is 0 Å². The van der Waals surface area contributed by atoms with E-state index in [9.17, 15) is 4.79 Å². The highest BCUT2D eigenvalue weighted by molar-refractivity contribution is 5.71. The van der Waals surface area contributed by atoms with Crippen molar-refractivity contribution in [2.45, 2.75) is 39.1 Å². The van der Waals surface area contributed by atoms with E-state index in [4.69, 9.17) is 14.6 Å². The first-order valence-corrected chi connectivity index (χ1v) is 5.69. The predicted octanol–water partition coefficient (Wildman–Crippen LogP) is 0.0196. The molecule has 2 atom stereocenters. The molecule has 0 saturated carbocycles. The van der Waals surface area contributed by atoms with Gasteiger partial charge in [-0.25, -0.2) is 0 Å². The molecular formula is C11H21NO4. The predicted molar refractivity (Wildman–Crippen MR) is 59.1 cm³/mol. The van der Waals surface area contributed by atoms with Crippen LogP contribution in [0.4, 0.5) is 0 Å². The number of carbonyl (C=O) groups excluding carboxylic acids is 1. The summed E-state index contributed by atoms with van der Waals surface area (Å²) in [5, 5.41) is 9.04. The number of hydrogen-bond acceptors (Lipinski definition) is 5. The van der Waals surface area contributed by atoms with Crippen LogP contribution in [0.15, 0.2) is 0 Å². The van der Waals surface area contributed by atoms with E-state index in [0.717, 1.165) is 0 Å². The standard InChI is InChI=1S/C11H21NO4/c1-8(2)15-11(14)6-12-4-9(3)16-10(5-12)7-13/h8-10,13H,4-7H2,1-3H3. The van der Waals surface area contributed by atoms with E-state index < -0.39 is 0 Å². The monoisotopic (exact) mass is 231 g/mol. The van der Waals surface area contributed by atoms with Crippen LogP contribution in [-0.2, 0) is 14.3 Å². The smallest absolute Gasteiger partial charge is 0.320 e. The van der Waals surface area contributed by atoms with Gasteiger partial charge in [0.15, 0.2) is 0 Å². The third-order valence-electron chi connectivity index (χ3n) is 2.33. The Balaban J connectivity index is 2.38. The van der Waals surface area contributed by atoms with Crippen molar-refractivity contribution in [3.8, 4) is 0 Å². The lowest BCUT2D eigenvalue weighted by molar-refractivity contribution is -0.153. The fraction of sp³-hybridized carbons (Fsp3) is 0.909. The molecule has 94 valence electrons. The summed E-state index contributed by atoms with van der Waals surface area (Å²) in [4.78, 5) is 13.4. The van der Waals surface area contributed by atoms with Crippen molar-refractivity contribution >= 4 is 5.97 Å². The van der Waals surface area contributed by atoms with Gasteiger partial charge in [0.05, 0.1) is 31.5 Å². The van der Waals surface area contributed by atoms with E-state index in [-0.39, 0.29) is 37.4 Å². The second-order valence-corrected chi connectivity index (χ2v) is 4.48. The summed E-state index contributed by atoms with van der Waals surface area (Å²) in [6.07, 6.45) is -0.243. The SMILES string of the molecule is CC(C)OC(=O)CN1CC(C)OC(CO)C1. The minimum Gasteiger partial charge on any atom is -0.462 e. The van der Waals surface area contributed by atoms with Gasteiger partial charge in [0, 0.05) is 13.1 Å². The molecular weight excluding hydrogens is 210 g/mol. The average Bonchev–Trinajstić information content (AvgIpc) is 2.14. The molecule has 1 heterocycles. The van der Waals surface area contributed by atoms with Crippen LogP contribution < -0.4 is 0 Å². The van der Waals surface area contributed by atoms with Crippen LogP contribution in [0, 0.1) is 0 Å². The van der Waals surface area contributed by atoms with Gasteiger partial charge >= 0.3 is 5.97 Å². The van der Waals surface area contributed by atoms with Crippen LogP contribution in [0.1, 0.15) is 20.8 Å². The Hall–Kier alpha value is -0.650. The molecule has 0 aromatic rings. The molecule has 0 amide bonds. The third-order valence-corrected chi connectivity index (χ3v) is 2.33. The van der Waals surface area contributed by atoms with E-state index in [2.05, 4.69) is 0 Å². The molecule has 16 heavy (non-hydrogen) atoms. The van der Waals surface area contributed by atoms with E-state index in [1.165, 1.54) is 0 Å². The topological polar surface area (TPSA) is 59.0 Å². The number of esters is 1. The number of hydrogen-bond donors (Lipinski definition) is 1. The van der Waals surface area contributed by atoms with Crippen molar-refractivity contribution in [3.63, 3.8) is 0 Å². The van der Waals surface area contributed by atoms with Crippen molar-refractivity contribution in [2.75, 3.05) is 26.2 Å². The highest BCUT2D eigenvalue weighted by Gasteiger charge is 2.26. The quantitative estimate of drug-likeness (QED) is 0.691. The fourth-order valence-electron chi connectivity index (χ4n) is 1.85. The molecule has 1 aliphatic heterocycles. The lowest BCUT2D eigenvalue weighted by atomic mass is 10.2. The Kier molecular flexibility index (Phi) is 5.18. The van der Waals surface area contributed by atoms with Gasteiger partial charge in [-0.3, -0.25) is 9.69 Å². The van der Waals surface area contributed by atoms with Gasteiger partial charge in [-0.1, -0.05) is 0 Å². The summed E-state index contributed by atoms with van der Waals surface area (Å²) in [6, 6.07) is 0. The Morgan fingerprint density at radius 3 is 2.81 bits per heavy atom. The number of nitrogens with zero attached hydrogens (tertiary/aromatic N) is 1. The molecule has 1 fully saturated rings. The van der Waals surface area contributed by atoms with E-state index in [1.54, 1.807) is 0 Å². The number of ether oxygens (including phenoxy) is 2. The molecule has 1 N–H and O–H groups in total. The molecule has 0 radical (unpaired) electrons. The molecule has 1 saturated heterocycles. The van der Waals surface area contributed by atoms with Crippen molar-refractivity contribution in [3.05, 3.63) is 0 Å². The van der Waals surface area contributed by atoms with Gasteiger partial charge in [-0.2, -0.15) is 0 Å². The van der Waals surface area contributed by atoms with Gasteiger partial charge in [0.1, 0.15) is 0 Å². The number of rotatable bonds is 4. The Morgan fingerprint density at radius 2 is 2.25 bits per heavy atom. The summed E-state index contributed by atoms with van der Waals surface area (Å²) in [5.74, 6) is -0.221. The molecule has 0 aliphatic carbocycles. The zero-order chi connectivity index (χ0) is 12.1. The zero-order valence-electron chi connectivity index (χ0n) is 10.2. The van der Waals surface area contributed by atoms with Gasteiger partial charge in [-0.05, 0) is 20.8 Å². The zero-order valence-corrected chi connectivity index (χ0v) is 10.2. The lowest BCUT2D eigenvalue weighted by Crippen LogP contribution is -2.49. The highest BCUT2D eigenvalue weighted by atomic mass is 16.5. The van der Waals surface area contributed by atoms with Gasteiger partial charge < -0.3 is 14.6 Å². The number of aliphatic hydroxyl groups is 1. The average molecular weight is 231 g/mol. The van der Waals surface area contributed by atoms with Crippen molar-refractivity contribution in [1.82, 2.24) is 4.90 Å². The summed E-state index contributed by atoms with van der Waals surface area (Å²) in [6.45, 7) is 7.12. The van der Waals surface area contributed by atoms with Crippen LogP contribution >= 0.6 is 0 Å². The first kappa shape index (κ1) is 13.4. The first-order valence-electron chi connectivity index (χ1n) is 5.69. The highest BCUT2D eigenvalue weighted by Crippen LogP contribution is 2.10. The molecule has 0 aromatic carbocycles. The van der Waals surface area contributed by atoms with Gasteiger partial charge in [0.25, 0.3) is 0 Å². The second kappa shape index (κ2) is 6.18. The number of aliphatic hydroxyl groups excluding tert-OH is 1. The maximum Gasteiger partial charge on any atom is 0.320 e. The first-order chi connectivity index (χ1) is 7.51. The summed E-state index contributed by atoms with van der Waals surface area (Å²) >= 11 is 0. The molecule has 0 aromatic heterocycles. The Morgan fingerprint density at radius 1 is 1.56 bits per heavy atom. The summed E-state index contributed by atoms with van der Waals surface area (Å²) in [5.41, 5.74) is 0. The number of carbonyl (C=O) groups is 1. The maximum absolute atomic E-state index is 11.5. The van der Waals surface area contributed by atoms with Crippen LogP contribution in [-0.4, -0.2) is 60.5 Å². The normalized spacial score (nSPS) is 27.1. The summed E-state index contributed by atoms with van der Waals surface area (Å²) in [7, 11) is 0. The van der Waals surface area contributed by atoms with Gasteiger partial charge in [0.2, 0.25) is 0 Å². The second-order valence-electron chi connectivity index (χ2n) is 4.48. The van der Waals surface area contributed by atoms with E-state index in [1.807, 2.05) is 25.7 Å². The number of morpholine rings is 1. The van der Waals surface area contributed by atoms with E-state index in [0.29, 0.717) is 13.1 Å². The van der Waals surface area contributed by atoms with Crippen molar-refractivity contribution in [2.24, 2.45) is 0 Å².